The topological polar surface area (TPSA) is 177 Å². The van der Waals surface area contributed by atoms with Crippen molar-refractivity contribution in [3.63, 3.8) is 0 Å². The molecule has 3 aromatic rings. The van der Waals surface area contributed by atoms with Crippen LogP contribution in [0.5, 0.6) is 11.5 Å². The number of carbonyl (C=O) groups is 3. The Morgan fingerprint density at radius 1 is 0.977 bits per heavy atom. The molecule has 1 heterocycles. The van der Waals surface area contributed by atoms with Crippen LogP contribution in [0.4, 0.5) is 16.2 Å². The summed E-state index contributed by atoms with van der Waals surface area (Å²) in [6.07, 6.45) is -0.256. The average molecular weight is 625 g/mol. The number of rotatable bonds is 11. The molecule has 0 radical (unpaired) electrons. The lowest BCUT2D eigenvalue weighted by Crippen LogP contribution is -2.38. The van der Waals surface area contributed by atoms with Gasteiger partial charge in [-0.3, -0.25) is 14.9 Å². The molecule has 0 bridgehead atoms. The van der Waals surface area contributed by atoms with Gasteiger partial charge < -0.3 is 30.5 Å². The Kier molecular flexibility index (Phi) is 9.68. The van der Waals surface area contributed by atoms with Crippen LogP contribution in [0.1, 0.15) is 60.3 Å². The molecule has 0 spiro atoms. The first-order valence-electron chi connectivity index (χ1n) is 13.9. The number of hydrogen-bond acceptors (Lipinski definition) is 8. The first-order valence-corrected chi connectivity index (χ1v) is 15.5. The van der Waals surface area contributed by atoms with Crippen LogP contribution in [0, 0.1) is 0 Å². The maximum absolute atomic E-state index is 14.5. The number of anilines is 2. The Hall–Kier alpha value is -4.78. The Morgan fingerprint density at radius 3 is 2.34 bits per heavy atom. The zero-order valence-corrected chi connectivity index (χ0v) is 25.7. The third-order valence-corrected chi connectivity index (χ3v) is 9.76. The number of likely N-dealkylation sites (tertiary alicyclic amines) is 1. The van der Waals surface area contributed by atoms with Crippen LogP contribution < -0.4 is 25.8 Å². The number of carbonyl (C=O) groups excluding carboxylic acids is 2. The Bertz CT molecular complexity index is 1670. The first kappa shape index (κ1) is 32.1. The molecule has 0 aliphatic carbocycles. The maximum atomic E-state index is 14.5. The summed E-state index contributed by atoms with van der Waals surface area (Å²) in [6.45, 7) is 3.46. The molecule has 3 aromatic carbocycles. The number of benzene rings is 3. The van der Waals surface area contributed by atoms with Crippen molar-refractivity contribution < 1.29 is 37.4 Å². The number of methoxy groups -OCH3 is 2. The smallest absolute Gasteiger partial charge is 0.409 e. The van der Waals surface area contributed by atoms with Gasteiger partial charge in [-0.15, -0.1) is 0 Å². The minimum absolute atomic E-state index is 0.0397. The Morgan fingerprint density at radius 2 is 1.70 bits per heavy atom. The lowest BCUT2D eigenvalue weighted by Gasteiger charge is -2.32. The standard InChI is InChI=1S/C31H36N4O8S/c1-18(2)44(40,41)27-13-11-22(34-31(38)39)17-23(27)24-9-6-14-35(24)30(37)28(19-10-12-25(42-3)26(16-19)43-4)33-21-8-5-7-20(15-21)29(32)36/h5,7-8,10-13,15-18,24,28,33-34H,6,9,14H2,1-4H3,(H2,32,36)(H,38,39)/t24-,28-/m1/s1. The van der Waals surface area contributed by atoms with Crippen molar-refractivity contribution in [1.29, 1.82) is 0 Å². The highest BCUT2D eigenvalue weighted by Gasteiger charge is 2.38. The molecule has 0 unspecified atom stereocenters. The fraction of sp³-hybridized carbons (Fsp3) is 0.323. The summed E-state index contributed by atoms with van der Waals surface area (Å²) in [6, 6.07) is 14.1. The number of primary amides is 1. The number of hydrogen-bond donors (Lipinski definition) is 4. The predicted octanol–water partition coefficient (Wildman–Crippen LogP) is 4.59. The van der Waals surface area contributed by atoms with Crippen molar-refractivity contribution >= 4 is 39.1 Å². The van der Waals surface area contributed by atoms with Crippen LogP contribution in [0.3, 0.4) is 0 Å². The van der Waals surface area contributed by atoms with Crippen LogP contribution in [0.25, 0.3) is 0 Å². The summed E-state index contributed by atoms with van der Waals surface area (Å²) < 4.78 is 37.7. The maximum Gasteiger partial charge on any atom is 0.409 e. The number of ether oxygens (including phenoxy) is 2. The van der Waals surface area contributed by atoms with Gasteiger partial charge in [-0.1, -0.05) is 12.1 Å². The third-order valence-electron chi connectivity index (χ3n) is 7.53. The molecule has 2 atom stereocenters. The molecule has 13 heteroatoms. The van der Waals surface area contributed by atoms with Gasteiger partial charge in [0.25, 0.3) is 0 Å². The second kappa shape index (κ2) is 13.2. The van der Waals surface area contributed by atoms with Crippen LogP contribution >= 0.6 is 0 Å². The summed E-state index contributed by atoms with van der Waals surface area (Å²) in [5.74, 6) is -0.139. The molecule has 0 saturated carbocycles. The van der Waals surface area contributed by atoms with E-state index in [4.69, 9.17) is 15.2 Å². The summed E-state index contributed by atoms with van der Waals surface area (Å²) in [5.41, 5.74) is 7.24. The van der Waals surface area contributed by atoms with Crippen molar-refractivity contribution in [2.45, 2.75) is 48.9 Å². The number of nitrogens with two attached hydrogens (primary N) is 1. The first-order chi connectivity index (χ1) is 20.9. The van der Waals surface area contributed by atoms with Gasteiger partial charge in [0, 0.05) is 23.5 Å². The van der Waals surface area contributed by atoms with E-state index >= 15 is 0 Å². The number of sulfone groups is 1. The monoisotopic (exact) mass is 624 g/mol. The van der Waals surface area contributed by atoms with E-state index in [2.05, 4.69) is 10.6 Å². The fourth-order valence-electron chi connectivity index (χ4n) is 5.29. The van der Waals surface area contributed by atoms with Gasteiger partial charge >= 0.3 is 6.09 Å². The van der Waals surface area contributed by atoms with Gasteiger partial charge in [0.05, 0.1) is 30.4 Å². The SMILES string of the molecule is COc1ccc([C@@H](Nc2cccc(C(N)=O)c2)C(=O)N2CCC[C@@H]2c2cc(NC(=O)O)ccc2S(=O)(=O)C(C)C)cc1OC. The lowest BCUT2D eigenvalue weighted by molar-refractivity contribution is -0.133. The minimum atomic E-state index is -3.79. The van der Waals surface area contributed by atoms with Gasteiger partial charge in [0.1, 0.15) is 6.04 Å². The van der Waals surface area contributed by atoms with E-state index < -0.39 is 39.2 Å². The minimum Gasteiger partial charge on any atom is -0.493 e. The average Bonchev–Trinajstić information content (AvgIpc) is 3.49. The molecule has 1 aliphatic heterocycles. The normalized spacial score (nSPS) is 15.5. The van der Waals surface area contributed by atoms with Crippen molar-refractivity contribution in [2.75, 3.05) is 31.4 Å². The van der Waals surface area contributed by atoms with Crippen LogP contribution in [0.15, 0.2) is 65.6 Å². The number of carboxylic acid groups (broad SMARTS) is 1. The van der Waals surface area contributed by atoms with Gasteiger partial charge in [0.15, 0.2) is 21.3 Å². The van der Waals surface area contributed by atoms with Crippen LogP contribution in [-0.4, -0.2) is 62.3 Å². The van der Waals surface area contributed by atoms with E-state index in [0.717, 1.165) is 0 Å². The summed E-state index contributed by atoms with van der Waals surface area (Å²) in [7, 11) is -0.814. The number of nitrogens with one attached hydrogen (secondary N) is 2. The molecule has 4 rings (SSSR count). The van der Waals surface area contributed by atoms with E-state index in [1.165, 1.54) is 32.4 Å². The zero-order valence-electron chi connectivity index (χ0n) is 24.9. The molecule has 5 N–H and O–H groups in total. The van der Waals surface area contributed by atoms with Crippen molar-refractivity contribution in [2.24, 2.45) is 5.73 Å². The highest BCUT2D eigenvalue weighted by Crippen LogP contribution is 2.40. The molecular weight excluding hydrogens is 588 g/mol. The molecule has 44 heavy (non-hydrogen) atoms. The third kappa shape index (κ3) is 6.72. The lowest BCUT2D eigenvalue weighted by atomic mass is 10.0. The second-order valence-electron chi connectivity index (χ2n) is 10.6. The zero-order chi connectivity index (χ0) is 32.2. The highest BCUT2D eigenvalue weighted by atomic mass is 32.2. The van der Waals surface area contributed by atoms with Crippen molar-refractivity contribution in [3.8, 4) is 11.5 Å². The largest absolute Gasteiger partial charge is 0.493 e. The molecule has 1 saturated heterocycles. The molecule has 234 valence electrons. The molecule has 1 fully saturated rings. The van der Waals surface area contributed by atoms with E-state index in [9.17, 15) is 27.9 Å². The van der Waals surface area contributed by atoms with E-state index in [-0.39, 0.29) is 22.1 Å². The molecule has 0 aromatic heterocycles. The highest BCUT2D eigenvalue weighted by molar-refractivity contribution is 7.92. The second-order valence-corrected chi connectivity index (χ2v) is 13.1. The van der Waals surface area contributed by atoms with E-state index in [1.54, 1.807) is 61.2 Å². The van der Waals surface area contributed by atoms with Crippen LogP contribution in [-0.2, 0) is 14.6 Å². The molecule has 12 nitrogen and oxygen atoms in total. The van der Waals surface area contributed by atoms with Gasteiger partial charge in [-0.05, 0) is 86.3 Å². The Balaban J connectivity index is 1.83. The molecule has 1 aliphatic rings. The van der Waals surface area contributed by atoms with Gasteiger partial charge in [-0.25, -0.2) is 13.2 Å². The quantitative estimate of drug-likeness (QED) is 0.238. The summed E-state index contributed by atoms with van der Waals surface area (Å²) in [5, 5.41) is 14.1. The van der Waals surface area contributed by atoms with E-state index in [0.29, 0.717) is 47.7 Å². The van der Waals surface area contributed by atoms with Gasteiger partial charge in [-0.2, -0.15) is 0 Å². The molecule has 3 amide bonds. The number of amides is 3. The van der Waals surface area contributed by atoms with Crippen LogP contribution in [0.2, 0.25) is 0 Å². The molecular formula is C31H36N4O8S. The van der Waals surface area contributed by atoms with Gasteiger partial charge in [0.2, 0.25) is 11.8 Å². The summed E-state index contributed by atoms with van der Waals surface area (Å²) in [4.78, 5) is 39.4. The van der Waals surface area contributed by atoms with Crippen molar-refractivity contribution in [3.05, 3.63) is 77.4 Å². The van der Waals surface area contributed by atoms with E-state index in [1.807, 2.05) is 0 Å². The Labute approximate surface area is 256 Å². The number of nitrogens with zero attached hydrogens (tertiary/aromatic N) is 1. The summed E-state index contributed by atoms with van der Waals surface area (Å²) >= 11 is 0. The predicted molar refractivity (Wildman–Crippen MR) is 165 cm³/mol. The van der Waals surface area contributed by atoms with Crippen molar-refractivity contribution in [1.82, 2.24) is 4.90 Å². The fourth-order valence-corrected chi connectivity index (χ4v) is 6.58.